The van der Waals surface area contributed by atoms with Crippen LogP contribution < -0.4 is 0 Å². The summed E-state index contributed by atoms with van der Waals surface area (Å²) in [7, 11) is 1.18. The fourth-order valence-electron chi connectivity index (χ4n) is 0.739. The lowest BCUT2D eigenvalue weighted by Crippen LogP contribution is -2.29. The van der Waals surface area contributed by atoms with Gasteiger partial charge in [-0.25, -0.2) is 4.79 Å². The molecule has 0 aromatic carbocycles. The van der Waals surface area contributed by atoms with E-state index in [1.54, 1.807) is 4.57 Å². The van der Waals surface area contributed by atoms with Crippen LogP contribution in [0.25, 0.3) is 0 Å². The van der Waals surface area contributed by atoms with Gasteiger partial charge in [-0.05, 0) is 0 Å². The normalized spacial score (nSPS) is 20.4. The fraction of sp³-hybridized carbons (Fsp3) is 0.333. The van der Waals surface area contributed by atoms with Crippen LogP contribution in [0, 0.1) is 0 Å². The number of nitrogens with zero attached hydrogens (tertiary/aromatic N) is 2. The van der Waals surface area contributed by atoms with Crippen molar-refractivity contribution in [3.8, 4) is 0 Å². The SMILES string of the molecule is O=C1CN([SiH3])C(=O)N1[SiH3]. The van der Waals surface area contributed by atoms with Crippen LogP contribution in [0.15, 0.2) is 0 Å². The van der Waals surface area contributed by atoms with Crippen LogP contribution in [0.2, 0.25) is 0 Å². The standard InChI is InChI=1S/C3H8N2O2Si2/c6-2-1-4(8)3(7)5(2)9/h1H2,8-9H3. The second-order valence-corrected chi connectivity index (χ2v) is 4.07. The average Bonchev–Trinajstić information content (AvgIpc) is 1.98. The summed E-state index contributed by atoms with van der Waals surface area (Å²) in [6.45, 7) is 0.314. The third-order valence-corrected chi connectivity index (χ3v) is 2.94. The highest BCUT2D eigenvalue weighted by Gasteiger charge is 2.28. The molecule has 1 saturated heterocycles. The summed E-state index contributed by atoms with van der Waals surface area (Å²) in [4.78, 5) is 21.5. The Morgan fingerprint density at radius 3 is 2.00 bits per heavy atom. The van der Waals surface area contributed by atoms with Gasteiger partial charge >= 0.3 is 6.03 Å². The molecule has 0 bridgehead atoms. The van der Waals surface area contributed by atoms with Gasteiger partial charge in [-0.1, -0.05) is 0 Å². The first-order chi connectivity index (χ1) is 4.13. The van der Waals surface area contributed by atoms with E-state index >= 15 is 0 Å². The van der Waals surface area contributed by atoms with Crippen molar-refractivity contribution in [3.63, 3.8) is 0 Å². The highest BCUT2D eigenvalue weighted by Crippen LogP contribution is 2.01. The molecule has 1 rings (SSSR count). The van der Waals surface area contributed by atoms with E-state index in [4.69, 9.17) is 0 Å². The van der Waals surface area contributed by atoms with E-state index in [-0.39, 0.29) is 11.9 Å². The number of hydrogen-bond donors (Lipinski definition) is 0. The van der Waals surface area contributed by atoms with Gasteiger partial charge in [-0.2, -0.15) is 0 Å². The highest BCUT2D eigenvalue weighted by atomic mass is 28.2. The first kappa shape index (κ1) is 6.49. The van der Waals surface area contributed by atoms with Crippen molar-refractivity contribution in [2.75, 3.05) is 6.54 Å². The molecule has 0 aliphatic carbocycles. The smallest absolute Gasteiger partial charge is 0.309 e. The Bertz CT molecular complexity index is 171. The third-order valence-electron chi connectivity index (χ3n) is 1.36. The number of hydrogen-bond acceptors (Lipinski definition) is 2. The molecule has 0 atom stereocenters. The number of carbonyl (C=O) groups is 2. The first-order valence-corrected chi connectivity index (χ1v) is 4.43. The summed E-state index contributed by atoms with van der Waals surface area (Å²) in [6.07, 6.45) is 0. The van der Waals surface area contributed by atoms with Crippen molar-refractivity contribution < 1.29 is 9.59 Å². The molecule has 4 nitrogen and oxygen atoms in total. The van der Waals surface area contributed by atoms with Gasteiger partial charge < -0.3 is 9.13 Å². The van der Waals surface area contributed by atoms with Crippen molar-refractivity contribution in [3.05, 3.63) is 0 Å². The van der Waals surface area contributed by atoms with E-state index < -0.39 is 0 Å². The minimum absolute atomic E-state index is 0.0401. The fourth-order valence-corrected chi connectivity index (χ4v) is 2.19. The predicted octanol–water partition coefficient (Wildman–Crippen LogP) is -3.19. The molecule has 6 heteroatoms. The Hall–Kier alpha value is -0.626. The molecule has 1 fully saturated rings. The number of rotatable bonds is 0. The molecular weight excluding hydrogens is 152 g/mol. The molecule has 1 aliphatic heterocycles. The lowest BCUT2D eigenvalue weighted by Gasteiger charge is -2.06. The summed E-state index contributed by atoms with van der Waals surface area (Å²) in [5.41, 5.74) is 0. The third kappa shape index (κ3) is 0.901. The van der Waals surface area contributed by atoms with Crippen LogP contribution in [-0.2, 0) is 4.79 Å². The Kier molecular flexibility index (Phi) is 1.41. The lowest BCUT2D eigenvalue weighted by molar-refractivity contribution is -0.122. The Balaban J connectivity index is 2.77. The molecule has 9 heavy (non-hydrogen) atoms. The van der Waals surface area contributed by atoms with Gasteiger partial charge in [-0.15, -0.1) is 0 Å². The summed E-state index contributed by atoms with van der Waals surface area (Å²) in [5.74, 6) is -0.0401. The maximum atomic E-state index is 10.8. The zero-order chi connectivity index (χ0) is 7.02. The monoisotopic (exact) mass is 160 g/mol. The van der Waals surface area contributed by atoms with Crippen LogP contribution in [0.4, 0.5) is 4.79 Å². The van der Waals surface area contributed by atoms with E-state index in [0.717, 1.165) is 0 Å². The molecule has 0 N–H and O–H groups in total. The van der Waals surface area contributed by atoms with Crippen molar-refractivity contribution in [1.29, 1.82) is 0 Å². The van der Waals surface area contributed by atoms with Gasteiger partial charge in [0.2, 0.25) is 5.91 Å². The van der Waals surface area contributed by atoms with Gasteiger partial charge in [0.25, 0.3) is 0 Å². The van der Waals surface area contributed by atoms with Crippen LogP contribution >= 0.6 is 0 Å². The van der Waals surface area contributed by atoms with E-state index in [1.807, 2.05) is 0 Å². The summed E-state index contributed by atoms with van der Waals surface area (Å²) >= 11 is 0. The molecule has 0 spiro atoms. The second kappa shape index (κ2) is 1.96. The molecule has 0 aromatic heterocycles. The molecule has 1 aliphatic rings. The Morgan fingerprint density at radius 2 is 1.89 bits per heavy atom. The molecule has 0 saturated carbocycles. The van der Waals surface area contributed by atoms with E-state index in [0.29, 0.717) is 27.4 Å². The van der Waals surface area contributed by atoms with Crippen molar-refractivity contribution in [1.82, 2.24) is 9.13 Å². The van der Waals surface area contributed by atoms with E-state index in [2.05, 4.69) is 0 Å². The summed E-state index contributed by atoms with van der Waals surface area (Å²) < 4.78 is 2.84. The maximum absolute atomic E-state index is 10.8. The van der Waals surface area contributed by atoms with Crippen LogP contribution in [-0.4, -0.2) is 48.4 Å². The molecule has 3 amide bonds. The first-order valence-electron chi connectivity index (χ1n) is 2.64. The van der Waals surface area contributed by atoms with Gasteiger partial charge in [0.1, 0.15) is 20.8 Å². The highest BCUT2D eigenvalue weighted by molar-refractivity contribution is 6.32. The van der Waals surface area contributed by atoms with Gasteiger partial charge in [0.15, 0.2) is 0 Å². The second-order valence-electron chi connectivity index (χ2n) is 2.09. The molecule has 1 heterocycles. The van der Waals surface area contributed by atoms with Crippen molar-refractivity contribution in [2.24, 2.45) is 0 Å². The van der Waals surface area contributed by atoms with Gasteiger partial charge in [-0.3, -0.25) is 4.79 Å². The molecule has 0 radical (unpaired) electrons. The van der Waals surface area contributed by atoms with Gasteiger partial charge in [0, 0.05) is 0 Å². The van der Waals surface area contributed by atoms with Crippen LogP contribution in [0.3, 0.4) is 0 Å². The number of carbonyl (C=O) groups excluding carboxylic acids is 2. The minimum atomic E-state index is -0.0988. The Labute approximate surface area is 58.8 Å². The Morgan fingerprint density at radius 1 is 1.33 bits per heavy atom. The lowest BCUT2D eigenvalue weighted by atomic mass is 10.7. The summed E-state index contributed by atoms with van der Waals surface area (Å²) in [5, 5.41) is 0. The molecule has 50 valence electrons. The average molecular weight is 160 g/mol. The van der Waals surface area contributed by atoms with Gasteiger partial charge in [0.05, 0.1) is 6.54 Å². The zero-order valence-corrected chi connectivity index (χ0v) is 9.42. The number of urea groups is 1. The molecule has 0 unspecified atom stereocenters. The zero-order valence-electron chi connectivity index (χ0n) is 5.42. The van der Waals surface area contributed by atoms with Crippen LogP contribution in [0.5, 0.6) is 0 Å². The van der Waals surface area contributed by atoms with Crippen LogP contribution in [0.1, 0.15) is 0 Å². The minimum Gasteiger partial charge on any atom is -0.352 e. The van der Waals surface area contributed by atoms with Crippen molar-refractivity contribution >= 4 is 32.7 Å². The quantitative estimate of drug-likeness (QED) is 0.277. The predicted molar refractivity (Wildman–Crippen MR) is 38.8 cm³/mol. The largest absolute Gasteiger partial charge is 0.352 e. The summed E-state index contributed by atoms with van der Waals surface area (Å²) in [6, 6.07) is -0.0988. The molecule has 0 aromatic rings. The van der Waals surface area contributed by atoms with E-state index in [9.17, 15) is 9.59 Å². The molecular formula is C3H8N2O2Si2. The number of amides is 3. The topological polar surface area (TPSA) is 40.6 Å². The van der Waals surface area contributed by atoms with E-state index in [1.165, 1.54) is 4.57 Å². The number of imide groups is 1. The van der Waals surface area contributed by atoms with Crippen molar-refractivity contribution in [2.45, 2.75) is 0 Å². The maximum Gasteiger partial charge on any atom is 0.309 e.